The van der Waals surface area contributed by atoms with Crippen molar-refractivity contribution < 1.29 is 14.6 Å². The van der Waals surface area contributed by atoms with Crippen LogP contribution in [0.3, 0.4) is 0 Å². The van der Waals surface area contributed by atoms with Gasteiger partial charge in [-0.15, -0.1) is 0 Å². The predicted octanol–water partition coefficient (Wildman–Crippen LogP) is 1.91. The Morgan fingerprint density at radius 1 is 1.40 bits per heavy atom. The molecule has 0 saturated carbocycles. The average Bonchev–Trinajstić information content (AvgIpc) is 2.46. The summed E-state index contributed by atoms with van der Waals surface area (Å²) in [7, 11) is 0. The van der Waals surface area contributed by atoms with Gasteiger partial charge in [-0.3, -0.25) is 9.78 Å². The number of carbonyl (C=O) groups is 1. The molecule has 0 aliphatic carbocycles. The van der Waals surface area contributed by atoms with Crippen LogP contribution in [0.2, 0.25) is 0 Å². The van der Waals surface area contributed by atoms with Crippen molar-refractivity contribution in [3.8, 4) is 0 Å². The Bertz CT molecular complexity index is 624. The molecule has 1 N–H and O–H groups in total. The van der Waals surface area contributed by atoms with Gasteiger partial charge in [-0.1, -0.05) is 18.2 Å². The number of nitrogens with zero attached hydrogens (tertiary/aromatic N) is 2. The van der Waals surface area contributed by atoms with E-state index in [-0.39, 0.29) is 12.5 Å². The molecular formula is C15H16N2O3. The molecule has 1 aromatic carbocycles. The highest BCUT2D eigenvalue weighted by molar-refractivity contribution is 5.91. The number of hydrogen-bond acceptors (Lipinski definition) is 4. The Hall–Kier alpha value is -2.14. The molecule has 1 saturated heterocycles. The number of hydrogen-bond donors (Lipinski definition) is 1. The third kappa shape index (κ3) is 2.58. The van der Waals surface area contributed by atoms with Gasteiger partial charge in [0, 0.05) is 30.4 Å². The number of rotatable bonds is 3. The maximum Gasteiger partial charge on any atom is 0.306 e. The van der Waals surface area contributed by atoms with Crippen molar-refractivity contribution in [2.75, 3.05) is 24.6 Å². The highest BCUT2D eigenvalue weighted by atomic mass is 16.5. The van der Waals surface area contributed by atoms with E-state index >= 15 is 0 Å². The summed E-state index contributed by atoms with van der Waals surface area (Å²) >= 11 is 0. The summed E-state index contributed by atoms with van der Waals surface area (Å²) in [5.74, 6) is -0.823. The first-order valence-corrected chi connectivity index (χ1v) is 6.66. The second-order valence-electron chi connectivity index (χ2n) is 4.88. The van der Waals surface area contributed by atoms with Gasteiger partial charge in [-0.2, -0.15) is 0 Å². The molecule has 104 valence electrons. The van der Waals surface area contributed by atoms with E-state index in [0.717, 1.165) is 23.1 Å². The number of anilines is 1. The molecule has 5 nitrogen and oxygen atoms in total. The normalized spacial score (nSPS) is 19.2. The summed E-state index contributed by atoms with van der Waals surface area (Å²) in [5, 5.41) is 9.97. The van der Waals surface area contributed by atoms with Gasteiger partial charge in [-0.05, 0) is 12.1 Å². The number of pyridine rings is 1. The van der Waals surface area contributed by atoms with Crippen LogP contribution in [0.25, 0.3) is 10.9 Å². The van der Waals surface area contributed by atoms with E-state index in [9.17, 15) is 4.79 Å². The molecule has 2 aromatic rings. The first-order valence-electron chi connectivity index (χ1n) is 6.66. The van der Waals surface area contributed by atoms with Gasteiger partial charge < -0.3 is 14.7 Å². The topological polar surface area (TPSA) is 62.7 Å². The molecule has 0 amide bonds. The summed E-state index contributed by atoms with van der Waals surface area (Å²) in [5.41, 5.74) is 2.04. The van der Waals surface area contributed by atoms with Crippen LogP contribution < -0.4 is 4.90 Å². The zero-order chi connectivity index (χ0) is 13.9. The van der Waals surface area contributed by atoms with Gasteiger partial charge in [-0.25, -0.2) is 0 Å². The Kier molecular flexibility index (Phi) is 3.52. The van der Waals surface area contributed by atoms with Crippen LogP contribution in [-0.2, 0) is 9.53 Å². The van der Waals surface area contributed by atoms with Crippen LogP contribution in [0.1, 0.15) is 6.42 Å². The Labute approximate surface area is 116 Å². The molecule has 1 aliphatic heterocycles. The summed E-state index contributed by atoms with van der Waals surface area (Å²) in [6.07, 6.45) is 1.58. The highest BCUT2D eigenvalue weighted by Gasteiger charge is 2.23. The van der Waals surface area contributed by atoms with Gasteiger partial charge in [0.1, 0.15) is 0 Å². The van der Waals surface area contributed by atoms with E-state index in [1.807, 2.05) is 30.3 Å². The van der Waals surface area contributed by atoms with Crippen LogP contribution in [0.4, 0.5) is 5.69 Å². The fraction of sp³-hybridized carbons (Fsp3) is 0.333. The first kappa shape index (κ1) is 12.9. The Balaban J connectivity index is 1.88. The number of morpholine rings is 1. The number of para-hydroxylation sites is 1. The van der Waals surface area contributed by atoms with E-state index < -0.39 is 5.97 Å². The summed E-state index contributed by atoms with van der Waals surface area (Å²) in [6, 6.07) is 9.95. The van der Waals surface area contributed by atoms with E-state index in [1.165, 1.54) is 0 Å². The summed E-state index contributed by atoms with van der Waals surface area (Å²) in [4.78, 5) is 17.3. The molecule has 1 unspecified atom stereocenters. The van der Waals surface area contributed by atoms with Crippen molar-refractivity contribution in [2.24, 2.45) is 0 Å². The maximum atomic E-state index is 10.8. The predicted molar refractivity (Wildman–Crippen MR) is 75.9 cm³/mol. The number of carboxylic acid groups (broad SMARTS) is 1. The molecule has 2 heterocycles. The SMILES string of the molecule is O=C(O)CC1CN(c2ccnc3ccccc23)CCO1. The molecular weight excluding hydrogens is 256 g/mol. The van der Waals surface area contributed by atoms with Crippen molar-refractivity contribution in [1.29, 1.82) is 0 Å². The lowest BCUT2D eigenvalue weighted by molar-refractivity contribution is -0.140. The minimum atomic E-state index is -0.823. The maximum absolute atomic E-state index is 10.8. The zero-order valence-corrected chi connectivity index (χ0v) is 11.0. The number of ether oxygens (including phenoxy) is 1. The molecule has 1 aliphatic rings. The molecule has 0 radical (unpaired) electrons. The Morgan fingerprint density at radius 3 is 3.10 bits per heavy atom. The molecule has 0 spiro atoms. The van der Waals surface area contributed by atoms with Gasteiger partial charge in [0.05, 0.1) is 24.6 Å². The monoisotopic (exact) mass is 272 g/mol. The van der Waals surface area contributed by atoms with Crippen molar-refractivity contribution in [3.05, 3.63) is 36.5 Å². The quantitative estimate of drug-likeness (QED) is 0.924. The lowest BCUT2D eigenvalue weighted by Crippen LogP contribution is -2.43. The smallest absolute Gasteiger partial charge is 0.306 e. The van der Waals surface area contributed by atoms with E-state index in [2.05, 4.69) is 9.88 Å². The largest absolute Gasteiger partial charge is 0.481 e. The summed E-state index contributed by atoms with van der Waals surface area (Å²) < 4.78 is 5.51. The van der Waals surface area contributed by atoms with Gasteiger partial charge in [0.2, 0.25) is 0 Å². The van der Waals surface area contributed by atoms with Crippen LogP contribution in [0.15, 0.2) is 36.5 Å². The molecule has 3 rings (SSSR count). The van der Waals surface area contributed by atoms with Gasteiger partial charge in [0.25, 0.3) is 0 Å². The average molecular weight is 272 g/mol. The zero-order valence-electron chi connectivity index (χ0n) is 11.0. The van der Waals surface area contributed by atoms with Crippen molar-refractivity contribution in [3.63, 3.8) is 0 Å². The number of aromatic nitrogens is 1. The van der Waals surface area contributed by atoms with E-state index in [0.29, 0.717) is 13.2 Å². The van der Waals surface area contributed by atoms with Gasteiger partial charge in [0.15, 0.2) is 0 Å². The fourth-order valence-corrected chi connectivity index (χ4v) is 2.61. The third-order valence-corrected chi connectivity index (χ3v) is 3.51. The minimum absolute atomic E-state index is 0.0412. The Morgan fingerprint density at radius 2 is 2.25 bits per heavy atom. The standard InChI is InChI=1S/C15H16N2O3/c18-15(19)9-11-10-17(7-8-20-11)14-5-6-16-13-4-2-1-3-12(13)14/h1-6,11H,7-10H2,(H,18,19). The third-order valence-electron chi connectivity index (χ3n) is 3.51. The van der Waals surface area contributed by atoms with E-state index in [1.54, 1.807) is 6.20 Å². The number of benzene rings is 1. The van der Waals surface area contributed by atoms with Crippen LogP contribution in [0, 0.1) is 0 Å². The van der Waals surface area contributed by atoms with Crippen molar-refractivity contribution >= 4 is 22.6 Å². The molecule has 20 heavy (non-hydrogen) atoms. The van der Waals surface area contributed by atoms with E-state index in [4.69, 9.17) is 9.84 Å². The second kappa shape index (κ2) is 5.46. The van der Waals surface area contributed by atoms with Crippen molar-refractivity contribution in [2.45, 2.75) is 12.5 Å². The van der Waals surface area contributed by atoms with Crippen LogP contribution in [0.5, 0.6) is 0 Å². The van der Waals surface area contributed by atoms with Gasteiger partial charge >= 0.3 is 5.97 Å². The lowest BCUT2D eigenvalue weighted by Gasteiger charge is -2.34. The molecule has 1 atom stereocenters. The summed E-state index contributed by atoms with van der Waals surface area (Å²) in [6.45, 7) is 1.92. The van der Waals surface area contributed by atoms with Crippen molar-refractivity contribution in [1.82, 2.24) is 4.98 Å². The molecule has 0 bridgehead atoms. The molecule has 5 heteroatoms. The molecule has 1 aromatic heterocycles. The second-order valence-corrected chi connectivity index (χ2v) is 4.88. The lowest BCUT2D eigenvalue weighted by atomic mass is 10.1. The first-order chi connectivity index (χ1) is 9.74. The molecule has 1 fully saturated rings. The number of carboxylic acids is 1. The number of aliphatic carboxylic acids is 1. The highest BCUT2D eigenvalue weighted by Crippen LogP contribution is 2.26. The fourth-order valence-electron chi connectivity index (χ4n) is 2.61. The minimum Gasteiger partial charge on any atom is -0.481 e. The van der Waals surface area contributed by atoms with Crippen LogP contribution >= 0.6 is 0 Å². The number of fused-ring (bicyclic) bond motifs is 1. The van der Waals surface area contributed by atoms with Crippen LogP contribution in [-0.4, -0.2) is 41.9 Å².